The molecule has 0 saturated heterocycles. The van der Waals surface area contributed by atoms with Gasteiger partial charge in [-0.15, -0.1) is 0 Å². The summed E-state index contributed by atoms with van der Waals surface area (Å²) in [4.78, 5) is 15.3. The Hall–Kier alpha value is -3.36. The molecule has 7 nitrogen and oxygen atoms in total. The Labute approximate surface area is 184 Å². The second kappa shape index (κ2) is 8.41. The van der Waals surface area contributed by atoms with E-state index in [1.165, 1.54) is 24.3 Å². The molecule has 0 bridgehead atoms. The van der Waals surface area contributed by atoms with E-state index in [9.17, 15) is 13.2 Å². The molecule has 2 aromatic carbocycles. The van der Waals surface area contributed by atoms with Crippen molar-refractivity contribution >= 4 is 44.2 Å². The number of pyridine rings is 1. The molecule has 9 heteroatoms. The van der Waals surface area contributed by atoms with Gasteiger partial charge in [-0.25, -0.2) is 8.42 Å². The zero-order valence-corrected chi connectivity index (χ0v) is 17.8. The summed E-state index contributed by atoms with van der Waals surface area (Å²) in [7, 11) is -3.80. The summed E-state index contributed by atoms with van der Waals surface area (Å²) in [5.41, 5.74) is 2.87. The van der Waals surface area contributed by atoms with Crippen molar-refractivity contribution in [1.29, 1.82) is 0 Å². The highest BCUT2D eigenvalue weighted by atomic mass is 35.5. The molecule has 0 fully saturated rings. The average molecular weight is 456 g/mol. The number of rotatable bonds is 7. The average Bonchev–Trinajstić information content (AvgIpc) is 3.11. The lowest BCUT2D eigenvalue weighted by Gasteiger charge is -2.09. The highest BCUT2D eigenvalue weighted by Gasteiger charge is 2.17. The molecule has 0 amide bonds. The van der Waals surface area contributed by atoms with Crippen molar-refractivity contribution in [2.75, 3.05) is 4.72 Å². The number of carboxylic acids is 1. The Kier molecular flexibility index (Phi) is 5.67. The van der Waals surface area contributed by atoms with Crippen LogP contribution < -0.4 is 4.72 Å². The minimum Gasteiger partial charge on any atom is -0.481 e. The van der Waals surface area contributed by atoms with Crippen LogP contribution in [0.15, 0.2) is 78.1 Å². The number of aliphatic carboxylic acids is 1. The molecule has 0 saturated carbocycles. The smallest absolute Gasteiger partial charge is 0.305 e. The Morgan fingerprint density at radius 1 is 1.13 bits per heavy atom. The van der Waals surface area contributed by atoms with Gasteiger partial charge in [0.2, 0.25) is 0 Å². The fraction of sp³-hybridized carbons (Fsp3) is 0.0909. The molecule has 0 aliphatic heterocycles. The molecule has 0 aliphatic carbocycles. The van der Waals surface area contributed by atoms with Crippen molar-refractivity contribution in [1.82, 2.24) is 9.55 Å². The summed E-state index contributed by atoms with van der Waals surface area (Å²) in [6, 6.07) is 14.8. The molecule has 0 spiro atoms. The number of sulfonamides is 1. The van der Waals surface area contributed by atoms with Crippen molar-refractivity contribution < 1.29 is 18.3 Å². The first kappa shape index (κ1) is 20.9. The van der Waals surface area contributed by atoms with Crippen molar-refractivity contribution in [2.24, 2.45) is 0 Å². The predicted octanol–water partition coefficient (Wildman–Crippen LogP) is 4.63. The summed E-state index contributed by atoms with van der Waals surface area (Å²) in [5.74, 6) is -0.892. The SMILES string of the molecule is O=C(O)CCn1cc(-c2cccnc2)c2cc(NS(=O)(=O)c3ccc(Cl)cc3)ccc21. The van der Waals surface area contributed by atoms with Crippen LogP contribution in [-0.2, 0) is 21.4 Å². The van der Waals surface area contributed by atoms with Crippen molar-refractivity contribution in [3.8, 4) is 11.1 Å². The van der Waals surface area contributed by atoms with E-state index >= 15 is 0 Å². The van der Waals surface area contributed by atoms with Crippen molar-refractivity contribution in [3.63, 3.8) is 0 Å². The van der Waals surface area contributed by atoms with Crippen LogP contribution in [0.2, 0.25) is 5.02 Å². The third-order valence-electron chi connectivity index (χ3n) is 4.80. The topological polar surface area (TPSA) is 101 Å². The maximum absolute atomic E-state index is 12.8. The molecule has 31 heavy (non-hydrogen) atoms. The van der Waals surface area contributed by atoms with Gasteiger partial charge in [0.15, 0.2) is 0 Å². The van der Waals surface area contributed by atoms with Gasteiger partial charge in [0.1, 0.15) is 0 Å². The number of anilines is 1. The normalized spacial score (nSPS) is 11.5. The summed E-state index contributed by atoms with van der Waals surface area (Å²) >= 11 is 5.85. The highest BCUT2D eigenvalue weighted by Crippen LogP contribution is 2.33. The van der Waals surface area contributed by atoms with E-state index in [0.717, 1.165) is 22.0 Å². The van der Waals surface area contributed by atoms with Gasteiger partial charge in [0.05, 0.1) is 11.3 Å². The Balaban J connectivity index is 1.76. The van der Waals surface area contributed by atoms with Crippen LogP contribution in [0, 0.1) is 0 Å². The first-order valence-corrected chi connectivity index (χ1v) is 11.2. The number of carboxylic acid groups (broad SMARTS) is 1. The lowest BCUT2D eigenvalue weighted by atomic mass is 10.1. The predicted molar refractivity (Wildman–Crippen MR) is 120 cm³/mol. The molecule has 158 valence electrons. The lowest BCUT2D eigenvalue weighted by molar-refractivity contribution is -0.137. The first-order valence-electron chi connectivity index (χ1n) is 9.37. The van der Waals surface area contributed by atoms with E-state index in [4.69, 9.17) is 16.7 Å². The van der Waals surface area contributed by atoms with Gasteiger partial charge in [-0.1, -0.05) is 17.7 Å². The van der Waals surface area contributed by atoms with Crippen LogP contribution in [0.25, 0.3) is 22.0 Å². The van der Waals surface area contributed by atoms with Crippen molar-refractivity contribution in [3.05, 3.63) is 78.2 Å². The number of nitrogens with one attached hydrogen (secondary N) is 1. The Bertz CT molecular complexity index is 1350. The summed E-state index contributed by atoms with van der Waals surface area (Å²) in [6.45, 7) is 0.294. The van der Waals surface area contributed by atoms with Gasteiger partial charge in [0.25, 0.3) is 10.0 Å². The second-order valence-corrected chi connectivity index (χ2v) is 9.03. The van der Waals surface area contributed by atoms with E-state index in [1.54, 1.807) is 30.6 Å². The van der Waals surface area contributed by atoms with Gasteiger partial charge in [-0.05, 0) is 48.5 Å². The van der Waals surface area contributed by atoms with Crippen LogP contribution in [-0.4, -0.2) is 29.0 Å². The fourth-order valence-corrected chi connectivity index (χ4v) is 4.52. The second-order valence-electron chi connectivity index (χ2n) is 6.91. The maximum atomic E-state index is 12.8. The number of aryl methyl sites for hydroxylation is 1. The number of aromatic nitrogens is 2. The Morgan fingerprint density at radius 2 is 1.90 bits per heavy atom. The molecule has 2 N–H and O–H groups in total. The molecule has 4 aromatic rings. The largest absolute Gasteiger partial charge is 0.481 e. The number of nitrogens with zero attached hydrogens (tertiary/aromatic N) is 2. The molecule has 0 aliphatic rings. The fourth-order valence-electron chi connectivity index (χ4n) is 3.34. The maximum Gasteiger partial charge on any atom is 0.305 e. The van der Waals surface area contributed by atoms with E-state index in [-0.39, 0.29) is 11.3 Å². The zero-order valence-electron chi connectivity index (χ0n) is 16.2. The van der Waals surface area contributed by atoms with Gasteiger partial charge in [-0.2, -0.15) is 0 Å². The number of halogens is 1. The van der Waals surface area contributed by atoms with E-state index < -0.39 is 16.0 Å². The molecule has 0 unspecified atom stereocenters. The zero-order chi connectivity index (χ0) is 22.0. The third kappa shape index (κ3) is 4.55. The van der Waals surface area contributed by atoms with E-state index in [2.05, 4.69) is 9.71 Å². The van der Waals surface area contributed by atoms with Crippen LogP contribution in [0.1, 0.15) is 6.42 Å². The molecular weight excluding hydrogens is 438 g/mol. The molecule has 4 rings (SSSR count). The number of carbonyl (C=O) groups is 1. The van der Waals surface area contributed by atoms with Crippen molar-refractivity contribution in [2.45, 2.75) is 17.9 Å². The Morgan fingerprint density at radius 3 is 2.58 bits per heavy atom. The summed E-state index contributed by atoms with van der Waals surface area (Å²) in [6.07, 6.45) is 5.21. The summed E-state index contributed by atoms with van der Waals surface area (Å²) < 4.78 is 29.9. The van der Waals surface area contributed by atoms with Gasteiger partial charge >= 0.3 is 5.97 Å². The lowest BCUT2D eigenvalue weighted by Crippen LogP contribution is -2.12. The van der Waals surface area contributed by atoms with Gasteiger partial charge in [-0.3, -0.25) is 14.5 Å². The molecule has 2 aromatic heterocycles. The number of hydrogen-bond donors (Lipinski definition) is 2. The third-order valence-corrected chi connectivity index (χ3v) is 6.45. The monoisotopic (exact) mass is 455 g/mol. The van der Waals surface area contributed by atoms with Crippen LogP contribution >= 0.6 is 11.6 Å². The van der Waals surface area contributed by atoms with Crippen LogP contribution in [0.5, 0.6) is 0 Å². The van der Waals surface area contributed by atoms with Crippen LogP contribution in [0.3, 0.4) is 0 Å². The van der Waals surface area contributed by atoms with E-state index in [1.807, 2.05) is 22.9 Å². The standard InChI is InChI=1S/C22H18ClN3O4S/c23-16-3-6-18(7-4-16)31(29,30)25-17-5-8-21-19(12-17)20(15-2-1-10-24-13-15)14-26(21)11-9-22(27)28/h1-8,10,12-14,25H,9,11H2,(H,27,28). The first-order chi connectivity index (χ1) is 14.8. The van der Waals surface area contributed by atoms with E-state index in [0.29, 0.717) is 17.3 Å². The number of benzene rings is 2. The molecule has 0 atom stereocenters. The molecule has 2 heterocycles. The van der Waals surface area contributed by atoms with Gasteiger partial charge in [0, 0.05) is 57.9 Å². The minimum atomic E-state index is -3.80. The molecular formula is C22H18ClN3O4S. The minimum absolute atomic E-state index is 0.0266. The molecule has 0 radical (unpaired) electrons. The quantitative estimate of drug-likeness (QED) is 0.423. The number of fused-ring (bicyclic) bond motifs is 1. The van der Waals surface area contributed by atoms with Gasteiger partial charge < -0.3 is 9.67 Å². The summed E-state index contributed by atoms with van der Waals surface area (Å²) in [5, 5.41) is 10.3. The highest BCUT2D eigenvalue weighted by molar-refractivity contribution is 7.92. The number of hydrogen-bond acceptors (Lipinski definition) is 4. The van der Waals surface area contributed by atoms with Crippen LogP contribution in [0.4, 0.5) is 5.69 Å².